The lowest BCUT2D eigenvalue weighted by Crippen LogP contribution is -2.40. The van der Waals surface area contributed by atoms with Crippen LogP contribution in [0.25, 0.3) is 0 Å². The Kier molecular flexibility index (Phi) is 8.25. The van der Waals surface area contributed by atoms with Crippen molar-refractivity contribution in [2.75, 3.05) is 6.61 Å². The van der Waals surface area contributed by atoms with Crippen LogP contribution in [0.5, 0.6) is 11.5 Å². The molecule has 0 aliphatic rings. The van der Waals surface area contributed by atoms with E-state index in [4.69, 9.17) is 18.9 Å². The summed E-state index contributed by atoms with van der Waals surface area (Å²) in [5.74, 6) is -0.500. The summed E-state index contributed by atoms with van der Waals surface area (Å²) in [7, 11) is 0. The molecule has 34 heavy (non-hydrogen) atoms. The molecule has 0 amide bonds. The number of hydrogen-bond donors (Lipinski definition) is 0. The Labute approximate surface area is 194 Å². The summed E-state index contributed by atoms with van der Waals surface area (Å²) in [6.45, 7) is 6.26. The van der Waals surface area contributed by atoms with E-state index in [0.29, 0.717) is 0 Å². The molecule has 0 bridgehead atoms. The zero-order valence-electron chi connectivity index (χ0n) is 19.0. The molecule has 0 saturated carbocycles. The largest absolute Gasteiger partial charge is 0.514 e. The molecule has 0 aliphatic heterocycles. The molecule has 0 aliphatic carbocycles. The summed E-state index contributed by atoms with van der Waals surface area (Å²) in [6.07, 6.45) is -0.799. The van der Waals surface area contributed by atoms with Gasteiger partial charge >= 0.3 is 12.1 Å². The van der Waals surface area contributed by atoms with E-state index in [0.717, 1.165) is 0 Å². The van der Waals surface area contributed by atoms with E-state index in [1.165, 1.54) is 62.4 Å². The van der Waals surface area contributed by atoms with Crippen molar-refractivity contribution in [2.45, 2.75) is 45.3 Å². The highest BCUT2D eigenvalue weighted by Gasteiger charge is 2.33. The SMILES string of the molecule is CC(C)(CCOC(C)(C)C(=O)Oc1ccc([N+](=O)[O-])cc1)OC(=O)Oc1ccc([N+](=O)[O-])cc1. The Bertz CT molecular complexity index is 1050. The third-order valence-electron chi connectivity index (χ3n) is 4.53. The molecule has 0 heterocycles. The zero-order chi connectivity index (χ0) is 25.5. The Balaban J connectivity index is 1.83. The summed E-state index contributed by atoms with van der Waals surface area (Å²) < 4.78 is 21.1. The molecule has 2 rings (SSSR count). The molecule has 0 radical (unpaired) electrons. The number of rotatable bonds is 10. The first-order valence-corrected chi connectivity index (χ1v) is 10.0. The second-order valence-electron chi connectivity index (χ2n) is 8.21. The monoisotopic (exact) mass is 476 g/mol. The van der Waals surface area contributed by atoms with Crippen LogP contribution < -0.4 is 9.47 Å². The summed E-state index contributed by atoms with van der Waals surface area (Å²) in [5, 5.41) is 21.4. The average Bonchev–Trinajstić information content (AvgIpc) is 2.73. The van der Waals surface area contributed by atoms with Gasteiger partial charge in [-0.15, -0.1) is 0 Å². The average molecular weight is 476 g/mol. The molecule has 0 saturated heterocycles. The molecular weight excluding hydrogens is 452 g/mol. The number of nitro groups is 2. The third kappa shape index (κ3) is 7.81. The lowest BCUT2D eigenvalue weighted by molar-refractivity contribution is -0.385. The minimum Gasteiger partial charge on any atom is -0.428 e. The van der Waals surface area contributed by atoms with Gasteiger partial charge in [0.2, 0.25) is 0 Å². The van der Waals surface area contributed by atoms with Crippen LogP contribution in [-0.2, 0) is 14.3 Å². The van der Waals surface area contributed by atoms with E-state index in [9.17, 15) is 29.8 Å². The van der Waals surface area contributed by atoms with Crippen LogP contribution in [0, 0.1) is 20.2 Å². The van der Waals surface area contributed by atoms with E-state index < -0.39 is 33.2 Å². The molecule has 0 atom stereocenters. The lowest BCUT2D eigenvalue weighted by atomic mass is 10.1. The van der Waals surface area contributed by atoms with Crippen LogP contribution in [0.3, 0.4) is 0 Å². The fourth-order valence-electron chi connectivity index (χ4n) is 2.51. The molecule has 12 heteroatoms. The normalized spacial score (nSPS) is 11.4. The molecule has 0 aromatic heterocycles. The number of nitro benzene ring substituents is 2. The highest BCUT2D eigenvalue weighted by Crippen LogP contribution is 2.23. The molecule has 0 N–H and O–H groups in total. The van der Waals surface area contributed by atoms with E-state index in [2.05, 4.69) is 0 Å². The highest BCUT2D eigenvalue weighted by atomic mass is 16.7. The van der Waals surface area contributed by atoms with Gasteiger partial charge < -0.3 is 18.9 Å². The fraction of sp³-hybridized carbons (Fsp3) is 0.364. The molecule has 2 aromatic carbocycles. The number of benzene rings is 2. The summed E-state index contributed by atoms with van der Waals surface area (Å²) in [4.78, 5) is 44.7. The van der Waals surface area contributed by atoms with Crippen LogP contribution in [0.1, 0.15) is 34.1 Å². The van der Waals surface area contributed by atoms with Crippen molar-refractivity contribution in [1.29, 1.82) is 0 Å². The zero-order valence-corrected chi connectivity index (χ0v) is 19.0. The smallest absolute Gasteiger partial charge is 0.428 e. The van der Waals surface area contributed by atoms with Crippen molar-refractivity contribution in [2.24, 2.45) is 0 Å². The van der Waals surface area contributed by atoms with Gasteiger partial charge in [-0.3, -0.25) is 20.2 Å². The van der Waals surface area contributed by atoms with Gasteiger partial charge in [0.15, 0.2) is 5.60 Å². The Hall–Kier alpha value is -4.06. The molecule has 12 nitrogen and oxygen atoms in total. The van der Waals surface area contributed by atoms with Crippen molar-refractivity contribution < 1.29 is 38.4 Å². The van der Waals surface area contributed by atoms with Gasteiger partial charge in [-0.05, 0) is 52.0 Å². The quantitative estimate of drug-likeness (QED) is 0.156. The number of esters is 1. The van der Waals surface area contributed by atoms with Crippen LogP contribution in [0.4, 0.5) is 16.2 Å². The van der Waals surface area contributed by atoms with Gasteiger partial charge in [-0.2, -0.15) is 0 Å². The minimum absolute atomic E-state index is 0.0279. The van der Waals surface area contributed by atoms with Gasteiger partial charge in [-0.1, -0.05) is 0 Å². The van der Waals surface area contributed by atoms with E-state index in [-0.39, 0.29) is 35.9 Å². The lowest BCUT2D eigenvalue weighted by Gasteiger charge is -2.27. The van der Waals surface area contributed by atoms with Gasteiger partial charge in [0.05, 0.1) is 16.5 Å². The predicted octanol–water partition coefficient (Wildman–Crippen LogP) is 4.59. The predicted molar refractivity (Wildman–Crippen MR) is 118 cm³/mol. The molecule has 0 spiro atoms. The number of non-ortho nitro benzene ring substituents is 2. The first-order chi connectivity index (χ1) is 15.8. The van der Waals surface area contributed by atoms with Crippen LogP contribution in [0.2, 0.25) is 0 Å². The number of nitrogens with zero attached hydrogens (tertiary/aromatic N) is 2. The van der Waals surface area contributed by atoms with Crippen LogP contribution >= 0.6 is 0 Å². The van der Waals surface area contributed by atoms with Crippen LogP contribution in [0.15, 0.2) is 48.5 Å². The number of carbonyl (C=O) groups excluding carboxylic acids is 2. The summed E-state index contributed by atoms with van der Waals surface area (Å²) in [5.41, 5.74) is -2.65. The maximum absolute atomic E-state index is 12.4. The van der Waals surface area contributed by atoms with E-state index in [1.54, 1.807) is 13.8 Å². The number of hydrogen-bond acceptors (Lipinski definition) is 10. The second-order valence-corrected chi connectivity index (χ2v) is 8.21. The van der Waals surface area contributed by atoms with Crippen molar-refractivity contribution >= 4 is 23.5 Å². The second kappa shape index (κ2) is 10.7. The standard InChI is InChI=1S/C22H24N2O10/c1-21(2,34-20(26)33-18-11-7-16(8-12-18)24(29)30)13-14-31-22(3,4)19(25)32-17-9-5-15(6-10-17)23(27)28/h5-12H,13-14H2,1-4H3. The maximum atomic E-state index is 12.4. The summed E-state index contributed by atoms with van der Waals surface area (Å²) in [6, 6.07) is 9.97. The molecule has 2 aromatic rings. The number of ether oxygens (including phenoxy) is 4. The van der Waals surface area contributed by atoms with Gasteiger partial charge in [0, 0.05) is 30.7 Å². The fourth-order valence-corrected chi connectivity index (χ4v) is 2.51. The molecule has 182 valence electrons. The van der Waals surface area contributed by atoms with Crippen molar-refractivity contribution in [3.05, 3.63) is 68.8 Å². The van der Waals surface area contributed by atoms with E-state index >= 15 is 0 Å². The molecular formula is C22H24N2O10. The molecule has 0 fully saturated rings. The Morgan fingerprint density at radius 3 is 1.68 bits per heavy atom. The first-order valence-electron chi connectivity index (χ1n) is 10.0. The van der Waals surface area contributed by atoms with E-state index in [1.807, 2.05) is 0 Å². The van der Waals surface area contributed by atoms with Crippen LogP contribution in [-0.4, -0.2) is 39.8 Å². The van der Waals surface area contributed by atoms with Gasteiger partial charge in [0.1, 0.15) is 17.1 Å². The van der Waals surface area contributed by atoms with Gasteiger partial charge in [0.25, 0.3) is 11.4 Å². The summed E-state index contributed by atoms with van der Waals surface area (Å²) >= 11 is 0. The minimum atomic E-state index is -1.35. The number of carbonyl (C=O) groups is 2. The maximum Gasteiger partial charge on any atom is 0.514 e. The Morgan fingerprint density at radius 1 is 0.794 bits per heavy atom. The van der Waals surface area contributed by atoms with Gasteiger partial charge in [-0.25, -0.2) is 9.59 Å². The topological polar surface area (TPSA) is 157 Å². The Morgan fingerprint density at radius 2 is 1.24 bits per heavy atom. The van der Waals surface area contributed by atoms with Crippen molar-refractivity contribution in [3.8, 4) is 11.5 Å². The van der Waals surface area contributed by atoms with Crippen molar-refractivity contribution in [1.82, 2.24) is 0 Å². The molecule has 0 unspecified atom stereocenters. The highest BCUT2D eigenvalue weighted by molar-refractivity contribution is 5.80. The van der Waals surface area contributed by atoms with Crippen molar-refractivity contribution in [3.63, 3.8) is 0 Å². The first kappa shape index (κ1) is 26.2. The third-order valence-corrected chi connectivity index (χ3v) is 4.53.